The van der Waals surface area contributed by atoms with Gasteiger partial charge in [0, 0.05) is 18.2 Å². The van der Waals surface area contributed by atoms with Crippen molar-refractivity contribution in [3.05, 3.63) is 54.1 Å². The number of carbonyl (C=O) groups excluding carboxylic acids is 1. The van der Waals surface area contributed by atoms with Crippen molar-refractivity contribution in [2.24, 2.45) is 0 Å². The van der Waals surface area contributed by atoms with Gasteiger partial charge in [0.05, 0.1) is 4.90 Å². The third-order valence-electron chi connectivity index (χ3n) is 2.97. The summed E-state index contributed by atoms with van der Waals surface area (Å²) < 4.78 is 28.6. The number of rotatable bonds is 5. The molecule has 0 unspecified atom stereocenters. The highest BCUT2D eigenvalue weighted by Crippen LogP contribution is 2.24. The van der Waals surface area contributed by atoms with E-state index in [2.05, 4.69) is 0 Å². The molecule has 0 aromatic heterocycles. The Labute approximate surface area is 124 Å². The van der Waals surface area contributed by atoms with E-state index < -0.39 is 9.84 Å². The highest BCUT2D eigenvalue weighted by Gasteiger charge is 2.08. The van der Waals surface area contributed by atoms with Crippen molar-refractivity contribution < 1.29 is 17.9 Å². The molecule has 0 saturated heterocycles. The SMILES string of the molecule is CCC(=O)c1ccc(Oc2cccc(S(C)(=O)=O)c2)cc1. The molecule has 0 fully saturated rings. The van der Waals surface area contributed by atoms with Crippen LogP contribution in [0.1, 0.15) is 23.7 Å². The molecule has 2 aromatic carbocycles. The smallest absolute Gasteiger partial charge is 0.175 e. The number of ether oxygens (including phenoxy) is 1. The molecule has 2 rings (SSSR count). The Morgan fingerprint density at radius 2 is 1.71 bits per heavy atom. The average Bonchev–Trinajstić information content (AvgIpc) is 2.47. The molecular weight excluding hydrogens is 288 g/mol. The van der Waals surface area contributed by atoms with Crippen molar-refractivity contribution in [2.75, 3.05) is 6.26 Å². The molecule has 0 saturated carbocycles. The fraction of sp³-hybridized carbons (Fsp3) is 0.188. The van der Waals surface area contributed by atoms with Crippen LogP contribution in [0.5, 0.6) is 11.5 Å². The average molecular weight is 304 g/mol. The van der Waals surface area contributed by atoms with Crippen molar-refractivity contribution in [3.63, 3.8) is 0 Å². The fourth-order valence-electron chi connectivity index (χ4n) is 1.82. The van der Waals surface area contributed by atoms with Crippen LogP contribution < -0.4 is 4.74 Å². The van der Waals surface area contributed by atoms with Gasteiger partial charge in [-0.25, -0.2) is 8.42 Å². The number of benzene rings is 2. The third-order valence-corrected chi connectivity index (χ3v) is 4.08. The van der Waals surface area contributed by atoms with E-state index in [1.807, 2.05) is 6.92 Å². The summed E-state index contributed by atoms with van der Waals surface area (Å²) in [4.78, 5) is 11.7. The number of ketones is 1. The molecular formula is C16H16O4S. The van der Waals surface area contributed by atoms with Crippen molar-refractivity contribution in [1.82, 2.24) is 0 Å². The van der Waals surface area contributed by atoms with Crippen LogP contribution in [0.4, 0.5) is 0 Å². The fourth-order valence-corrected chi connectivity index (χ4v) is 2.47. The van der Waals surface area contributed by atoms with Crippen LogP contribution in [-0.4, -0.2) is 20.5 Å². The van der Waals surface area contributed by atoms with Gasteiger partial charge in [0.25, 0.3) is 0 Å². The van der Waals surface area contributed by atoms with Crippen LogP contribution in [0.2, 0.25) is 0 Å². The van der Waals surface area contributed by atoms with Gasteiger partial charge in [-0.2, -0.15) is 0 Å². The van der Waals surface area contributed by atoms with Gasteiger partial charge in [-0.15, -0.1) is 0 Å². The molecule has 0 N–H and O–H groups in total. The maximum absolute atomic E-state index is 11.5. The zero-order chi connectivity index (χ0) is 15.5. The summed E-state index contributed by atoms with van der Waals surface area (Å²) >= 11 is 0. The monoisotopic (exact) mass is 304 g/mol. The lowest BCUT2D eigenvalue weighted by atomic mass is 10.1. The molecule has 0 heterocycles. The van der Waals surface area contributed by atoms with Gasteiger partial charge in [-0.3, -0.25) is 4.79 Å². The van der Waals surface area contributed by atoms with Crippen LogP contribution in [-0.2, 0) is 9.84 Å². The van der Waals surface area contributed by atoms with Crippen LogP contribution in [0, 0.1) is 0 Å². The molecule has 0 bridgehead atoms. The summed E-state index contributed by atoms with van der Waals surface area (Å²) in [6, 6.07) is 13.1. The summed E-state index contributed by atoms with van der Waals surface area (Å²) in [5.41, 5.74) is 0.634. The van der Waals surface area contributed by atoms with E-state index in [0.29, 0.717) is 23.5 Å². The quantitative estimate of drug-likeness (QED) is 0.793. The predicted molar refractivity (Wildman–Crippen MR) is 80.7 cm³/mol. The van der Waals surface area contributed by atoms with Crippen LogP contribution in [0.15, 0.2) is 53.4 Å². The van der Waals surface area contributed by atoms with Crippen molar-refractivity contribution in [1.29, 1.82) is 0 Å². The second-order valence-electron chi connectivity index (χ2n) is 4.65. The minimum absolute atomic E-state index is 0.0700. The highest BCUT2D eigenvalue weighted by molar-refractivity contribution is 7.90. The summed E-state index contributed by atoms with van der Waals surface area (Å²) in [5.74, 6) is 1.06. The minimum Gasteiger partial charge on any atom is -0.457 e. The summed E-state index contributed by atoms with van der Waals surface area (Å²) in [7, 11) is -3.26. The maximum atomic E-state index is 11.5. The molecule has 0 atom stereocenters. The van der Waals surface area contributed by atoms with Crippen molar-refractivity contribution >= 4 is 15.6 Å². The van der Waals surface area contributed by atoms with Gasteiger partial charge in [-0.1, -0.05) is 13.0 Å². The second kappa shape index (κ2) is 6.10. The summed E-state index contributed by atoms with van der Waals surface area (Å²) in [6.07, 6.45) is 1.61. The van der Waals surface area contributed by atoms with Crippen LogP contribution >= 0.6 is 0 Å². The first-order valence-electron chi connectivity index (χ1n) is 6.51. The Morgan fingerprint density at radius 3 is 2.29 bits per heavy atom. The summed E-state index contributed by atoms with van der Waals surface area (Å²) in [5, 5.41) is 0. The van der Waals surface area contributed by atoms with Gasteiger partial charge in [0.15, 0.2) is 15.6 Å². The van der Waals surface area contributed by atoms with Gasteiger partial charge in [0.1, 0.15) is 11.5 Å². The molecule has 0 aliphatic rings. The largest absolute Gasteiger partial charge is 0.457 e. The number of carbonyl (C=O) groups is 1. The van der Waals surface area contributed by atoms with Crippen LogP contribution in [0.3, 0.4) is 0 Å². The molecule has 21 heavy (non-hydrogen) atoms. The Kier molecular flexibility index (Phi) is 4.43. The van der Waals surface area contributed by atoms with Gasteiger partial charge in [0.2, 0.25) is 0 Å². The van der Waals surface area contributed by atoms with Crippen molar-refractivity contribution in [2.45, 2.75) is 18.2 Å². The van der Waals surface area contributed by atoms with E-state index in [4.69, 9.17) is 4.74 Å². The molecule has 0 aliphatic heterocycles. The number of sulfone groups is 1. The normalized spacial score (nSPS) is 11.1. The molecule has 5 heteroatoms. The molecule has 0 aliphatic carbocycles. The standard InChI is InChI=1S/C16H16O4S/c1-3-16(17)12-7-9-13(10-8-12)20-14-5-4-6-15(11-14)21(2,18)19/h4-11H,3H2,1-2H3. The Morgan fingerprint density at radius 1 is 1.05 bits per heavy atom. The predicted octanol–water partition coefficient (Wildman–Crippen LogP) is 3.48. The number of hydrogen-bond acceptors (Lipinski definition) is 4. The highest BCUT2D eigenvalue weighted by atomic mass is 32.2. The molecule has 110 valence electrons. The van der Waals surface area contributed by atoms with E-state index in [0.717, 1.165) is 6.26 Å². The Bertz CT molecular complexity index is 746. The number of hydrogen-bond donors (Lipinski definition) is 0. The first-order chi connectivity index (χ1) is 9.90. The zero-order valence-electron chi connectivity index (χ0n) is 11.9. The van der Waals surface area contributed by atoms with E-state index in [1.165, 1.54) is 12.1 Å². The minimum atomic E-state index is -3.26. The molecule has 0 radical (unpaired) electrons. The third kappa shape index (κ3) is 3.92. The molecule has 0 spiro atoms. The van der Waals surface area contributed by atoms with E-state index in [1.54, 1.807) is 36.4 Å². The lowest BCUT2D eigenvalue weighted by Gasteiger charge is -2.07. The lowest BCUT2D eigenvalue weighted by Crippen LogP contribution is -1.97. The molecule has 4 nitrogen and oxygen atoms in total. The van der Waals surface area contributed by atoms with E-state index >= 15 is 0 Å². The van der Waals surface area contributed by atoms with E-state index in [9.17, 15) is 13.2 Å². The van der Waals surface area contributed by atoms with E-state index in [-0.39, 0.29) is 10.7 Å². The summed E-state index contributed by atoms with van der Waals surface area (Å²) in [6.45, 7) is 1.81. The topological polar surface area (TPSA) is 60.4 Å². The molecule has 2 aromatic rings. The lowest BCUT2D eigenvalue weighted by molar-refractivity contribution is 0.0988. The van der Waals surface area contributed by atoms with Gasteiger partial charge < -0.3 is 4.74 Å². The van der Waals surface area contributed by atoms with Gasteiger partial charge in [-0.05, 0) is 42.5 Å². The second-order valence-corrected chi connectivity index (χ2v) is 6.67. The first kappa shape index (κ1) is 15.3. The molecule has 0 amide bonds. The first-order valence-corrected chi connectivity index (χ1v) is 8.40. The van der Waals surface area contributed by atoms with Gasteiger partial charge >= 0.3 is 0 Å². The maximum Gasteiger partial charge on any atom is 0.175 e. The van der Waals surface area contributed by atoms with Crippen molar-refractivity contribution in [3.8, 4) is 11.5 Å². The Hall–Kier alpha value is -2.14. The van der Waals surface area contributed by atoms with Crippen LogP contribution in [0.25, 0.3) is 0 Å². The Balaban J connectivity index is 2.21. The number of Topliss-reactive ketones (excluding diaryl/α,β-unsaturated/α-hetero) is 1. The zero-order valence-corrected chi connectivity index (χ0v) is 12.7.